The van der Waals surface area contributed by atoms with Crippen LogP contribution in [0.5, 0.6) is 0 Å². The number of urea groups is 1. The highest BCUT2D eigenvalue weighted by atomic mass is 16.5. The molecule has 3 rings (SSSR count). The van der Waals surface area contributed by atoms with Crippen molar-refractivity contribution < 1.29 is 9.53 Å². The van der Waals surface area contributed by atoms with Crippen molar-refractivity contribution in [3.63, 3.8) is 0 Å². The Bertz CT molecular complexity index is 380. The molecule has 3 atom stereocenters. The molecule has 0 aromatic rings. The molecule has 1 aliphatic carbocycles. The van der Waals surface area contributed by atoms with E-state index in [1.807, 2.05) is 0 Å². The van der Waals surface area contributed by atoms with Gasteiger partial charge in [-0.15, -0.1) is 0 Å². The molecular formula is C17H31N3O2. The van der Waals surface area contributed by atoms with Crippen LogP contribution in [0.15, 0.2) is 0 Å². The van der Waals surface area contributed by atoms with Crippen molar-refractivity contribution in [1.82, 2.24) is 15.1 Å². The van der Waals surface area contributed by atoms with E-state index in [4.69, 9.17) is 4.74 Å². The lowest BCUT2D eigenvalue weighted by Gasteiger charge is -2.39. The van der Waals surface area contributed by atoms with Gasteiger partial charge in [0.2, 0.25) is 0 Å². The standard InChI is InChI=1S/C17H31N3O2/c1-13(14(2)19-9-11-22-12-10-19)18-17(21)20-8-4-7-16(20)15-5-3-6-15/h13-16H,3-12H2,1-2H3,(H,18,21)/t13-,14+,16-/m0/s1. The molecule has 2 aliphatic heterocycles. The van der Waals surface area contributed by atoms with Gasteiger partial charge in [-0.3, -0.25) is 4.90 Å². The van der Waals surface area contributed by atoms with Crippen molar-refractivity contribution in [3.05, 3.63) is 0 Å². The van der Waals surface area contributed by atoms with E-state index in [1.165, 1.54) is 32.1 Å². The fraction of sp³-hybridized carbons (Fsp3) is 0.941. The normalized spacial score (nSPS) is 29.9. The highest BCUT2D eigenvalue weighted by Crippen LogP contribution is 2.37. The Kier molecular flexibility index (Phi) is 5.24. The molecule has 126 valence electrons. The molecule has 0 spiro atoms. The Morgan fingerprint density at radius 2 is 1.82 bits per heavy atom. The monoisotopic (exact) mass is 309 g/mol. The molecule has 2 amide bonds. The third-order valence-electron chi connectivity index (χ3n) is 5.95. The number of rotatable bonds is 4. The van der Waals surface area contributed by atoms with Gasteiger partial charge in [0.25, 0.3) is 0 Å². The average molecular weight is 309 g/mol. The summed E-state index contributed by atoms with van der Waals surface area (Å²) >= 11 is 0. The first kappa shape index (κ1) is 16.1. The number of nitrogens with zero attached hydrogens (tertiary/aromatic N) is 2. The summed E-state index contributed by atoms with van der Waals surface area (Å²) in [4.78, 5) is 17.2. The van der Waals surface area contributed by atoms with Crippen LogP contribution in [0.3, 0.4) is 0 Å². The lowest BCUT2D eigenvalue weighted by Crippen LogP contribution is -2.55. The lowest BCUT2D eigenvalue weighted by atomic mass is 9.79. The number of amides is 2. The lowest BCUT2D eigenvalue weighted by molar-refractivity contribution is 0.0139. The van der Waals surface area contributed by atoms with Gasteiger partial charge in [-0.05, 0) is 45.4 Å². The molecule has 1 saturated carbocycles. The number of likely N-dealkylation sites (tertiary alicyclic amines) is 1. The first-order chi connectivity index (χ1) is 10.7. The molecule has 3 fully saturated rings. The van der Waals surface area contributed by atoms with Gasteiger partial charge < -0.3 is 15.0 Å². The fourth-order valence-electron chi connectivity index (χ4n) is 4.06. The fourth-order valence-corrected chi connectivity index (χ4v) is 4.06. The summed E-state index contributed by atoms with van der Waals surface area (Å²) in [6.45, 7) is 8.83. The van der Waals surface area contributed by atoms with Crippen molar-refractivity contribution in [1.29, 1.82) is 0 Å². The summed E-state index contributed by atoms with van der Waals surface area (Å²) in [5.41, 5.74) is 0. The van der Waals surface area contributed by atoms with Gasteiger partial charge in [-0.25, -0.2) is 4.79 Å². The number of hydrogen-bond donors (Lipinski definition) is 1. The molecule has 0 bridgehead atoms. The summed E-state index contributed by atoms with van der Waals surface area (Å²) in [7, 11) is 0. The van der Waals surface area contributed by atoms with Crippen LogP contribution in [0.1, 0.15) is 46.0 Å². The molecule has 0 aromatic carbocycles. The molecule has 3 aliphatic rings. The van der Waals surface area contributed by atoms with Crippen LogP contribution >= 0.6 is 0 Å². The number of ether oxygens (including phenoxy) is 1. The smallest absolute Gasteiger partial charge is 0.317 e. The Morgan fingerprint density at radius 3 is 2.45 bits per heavy atom. The van der Waals surface area contributed by atoms with E-state index < -0.39 is 0 Å². The van der Waals surface area contributed by atoms with Crippen molar-refractivity contribution in [2.24, 2.45) is 5.92 Å². The van der Waals surface area contributed by atoms with E-state index in [-0.39, 0.29) is 12.1 Å². The van der Waals surface area contributed by atoms with Crippen LogP contribution in [0.2, 0.25) is 0 Å². The zero-order chi connectivity index (χ0) is 15.5. The van der Waals surface area contributed by atoms with Gasteiger partial charge in [-0.1, -0.05) is 6.42 Å². The second-order valence-corrected chi connectivity index (χ2v) is 7.22. The minimum atomic E-state index is 0.155. The van der Waals surface area contributed by atoms with Gasteiger partial charge in [0.1, 0.15) is 0 Å². The van der Waals surface area contributed by atoms with Crippen LogP contribution < -0.4 is 5.32 Å². The first-order valence-electron chi connectivity index (χ1n) is 9.05. The molecule has 5 nitrogen and oxygen atoms in total. The summed E-state index contributed by atoms with van der Waals surface area (Å²) in [6, 6.07) is 1.19. The van der Waals surface area contributed by atoms with E-state index >= 15 is 0 Å². The molecule has 5 heteroatoms. The highest BCUT2D eigenvalue weighted by Gasteiger charge is 2.38. The van der Waals surface area contributed by atoms with E-state index in [1.54, 1.807) is 0 Å². The summed E-state index contributed by atoms with van der Waals surface area (Å²) < 4.78 is 5.41. The van der Waals surface area contributed by atoms with Gasteiger partial charge in [-0.2, -0.15) is 0 Å². The maximum absolute atomic E-state index is 12.7. The molecule has 2 saturated heterocycles. The van der Waals surface area contributed by atoms with Gasteiger partial charge in [0.05, 0.1) is 13.2 Å². The zero-order valence-corrected chi connectivity index (χ0v) is 14.1. The second-order valence-electron chi connectivity index (χ2n) is 7.22. The molecule has 22 heavy (non-hydrogen) atoms. The van der Waals surface area contributed by atoms with E-state index in [0.717, 1.165) is 38.8 Å². The quantitative estimate of drug-likeness (QED) is 0.865. The predicted molar refractivity (Wildman–Crippen MR) is 86.9 cm³/mol. The highest BCUT2D eigenvalue weighted by molar-refractivity contribution is 5.75. The van der Waals surface area contributed by atoms with Crippen LogP contribution in [0.4, 0.5) is 4.79 Å². The maximum atomic E-state index is 12.7. The molecule has 1 N–H and O–H groups in total. The van der Waals surface area contributed by atoms with Gasteiger partial charge in [0, 0.05) is 37.8 Å². The van der Waals surface area contributed by atoms with Crippen molar-refractivity contribution in [2.45, 2.75) is 64.1 Å². The van der Waals surface area contributed by atoms with Crippen molar-refractivity contribution in [2.75, 3.05) is 32.8 Å². The molecular weight excluding hydrogens is 278 g/mol. The third-order valence-corrected chi connectivity index (χ3v) is 5.95. The molecule has 0 unspecified atom stereocenters. The SMILES string of the molecule is C[C@H](NC(=O)N1CCC[C@H]1C1CCC1)[C@@H](C)N1CCOCC1. The van der Waals surface area contributed by atoms with Gasteiger partial charge >= 0.3 is 6.03 Å². The van der Waals surface area contributed by atoms with Crippen LogP contribution in [-0.4, -0.2) is 66.8 Å². The van der Waals surface area contributed by atoms with Crippen molar-refractivity contribution >= 4 is 6.03 Å². The van der Waals surface area contributed by atoms with Crippen LogP contribution in [0, 0.1) is 5.92 Å². The molecule has 0 radical (unpaired) electrons. The summed E-state index contributed by atoms with van der Waals surface area (Å²) in [6.07, 6.45) is 6.34. The third kappa shape index (κ3) is 3.40. The number of carbonyl (C=O) groups excluding carboxylic acids is 1. The van der Waals surface area contributed by atoms with Crippen LogP contribution in [-0.2, 0) is 4.74 Å². The van der Waals surface area contributed by atoms with E-state index in [0.29, 0.717) is 12.1 Å². The van der Waals surface area contributed by atoms with Crippen molar-refractivity contribution in [3.8, 4) is 0 Å². The minimum absolute atomic E-state index is 0.155. The largest absolute Gasteiger partial charge is 0.379 e. The number of hydrogen-bond acceptors (Lipinski definition) is 3. The number of morpholine rings is 1. The Hall–Kier alpha value is -0.810. The first-order valence-corrected chi connectivity index (χ1v) is 9.05. The topological polar surface area (TPSA) is 44.8 Å². The minimum Gasteiger partial charge on any atom is -0.379 e. The average Bonchev–Trinajstić information content (AvgIpc) is 2.94. The summed E-state index contributed by atoms with van der Waals surface area (Å²) in [5.74, 6) is 0.764. The Morgan fingerprint density at radius 1 is 1.09 bits per heavy atom. The predicted octanol–water partition coefficient (Wildman–Crippen LogP) is 2.07. The second kappa shape index (κ2) is 7.18. The summed E-state index contributed by atoms with van der Waals surface area (Å²) in [5, 5.41) is 3.26. The molecule has 2 heterocycles. The number of nitrogens with one attached hydrogen (secondary N) is 1. The number of carbonyl (C=O) groups is 1. The van der Waals surface area contributed by atoms with E-state index in [9.17, 15) is 4.79 Å². The zero-order valence-electron chi connectivity index (χ0n) is 14.1. The van der Waals surface area contributed by atoms with Crippen LogP contribution in [0.25, 0.3) is 0 Å². The van der Waals surface area contributed by atoms with Gasteiger partial charge in [0.15, 0.2) is 0 Å². The van der Waals surface area contributed by atoms with E-state index in [2.05, 4.69) is 29.0 Å². The maximum Gasteiger partial charge on any atom is 0.317 e. The Balaban J connectivity index is 1.51. The Labute approximate surface area is 134 Å². The molecule has 0 aromatic heterocycles.